The topological polar surface area (TPSA) is 0 Å². The molecule has 0 bridgehead atoms. The normalized spacial score (nSPS) is 9.74. The zero-order valence-corrected chi connectivity index (χ0v) is 17.9. The Hall–Kier alpha value is -4.79. The van der Waals surface area contributed by atoms with E-state index in [1.807, 2.05) is 60.5 Å². The SMILES string of the molecule is Fc1c(F)c(F)c(C#Cc2ccc(C#Cc3ccc(C#Cc4ccccc4)cc3)cc2)c(F)c1F. The molecule has 0 saturated heterocycles. The van der Waals surface area contributed by atoms with Crippen LogP contribution in [0.15, 0.2) is 78.9 Å². The van der Waals surface area contributed by atoms with Crippen LogP contribution in [0.25, 0.3) is 0 Å². The number of hydrogen-bond donors (Lipinski definition) is 0. The van der Waals surface area contributed by atoms with Crippen LogP contribution in [0.4, 0.5) is 22.0 Å². The first-order valence-electron chi connectivity index (χ1n) is 10.2. The van der Waals surface area contributed by atoms with Crippen molar-refractivity contribution in [1.29, 1.82) is 0 Å². The summed E-state index contributed by atoms with van der Waals surface area (Å²) in [6.45, 7) is 0. The van der Waals surface area contributed by atoms with E-state index >= 15 is 0 Å². The first kappa shape index (κ1) is 23.4. The maximum absolute atomic E-state index is 13.7. The first-order chi connectivity index (χ1) is 16.9. The van der Waals surface area contributed by atoms with E-state index in [1.165, 1.54) is 12.1 Å². The third-order valence-electron chi connectivity index (χ3n) is 4.79. The van der Waals surface area contributed by atoms with Crippen LogP contribution in [0.1, 0.15) is 33.4 Å². The van der Waals surface area contributed by atoms with Crippen molar-refractivity contribution in [1.82, 2.24) is 0 Å². The minimum absolute atomic E-state index is 0.320. The lowest BCUT2D eigenvalue weighted by atomic mass is 10.1. The molecule has 168 valence electrons. The van der Waals surface area contributed by atoms with E-state index in [0.29, 0.717) is 11.1 Å². The Morgan fingerprint density at radius 1 is 0.314 bits per heavy atom. The fourth-order valence-electron chi connectivity index (χ4n) is 2.93. The van der Waals surface area contributed by atoms with E-state index in [0.717, 1.165) is 16.7 Å². The summed E-state index contributed by atoms with van der Waals surface area (Å²) in [5.74, 6) is 6.38. The molecule has 35 heavy (non-hydrogen) atoms. The van der Waals surface area contributed by atoms with Crippen molar-refractivity contribution in [3.8, 4) is 35.5 Å². The average Bonchev–Trinajstić information content (AvgIpc) is 2.90. The molecule has 0 aliphatic rings. The highest BCUT2D eigenvalue weighted by molar-refractivity contribution is 5.50. The van der Waals surface area contributed by atoms with Crippen molar-refractivity contribution in [3.63, 3.8) is 0 Å². The van der Waals surface area contributed by atoms with Gasteiger partial charge in [-0.2, -0.15) is 0 Å². The maximum Gasteiger partial charge on any atom is 0.200 e. The van der Waals surface area contributed by atoms with Crippen LogP contribution < -0.4 is 0 Å². The predicted molar refractivity (Wildman–Crippen MR) is 123 cm³/mol. The van der Waals surface area contributed by atoms with E-state index in [2.05, 4.69) is 29.6 Å². The molecular formula is C30H13F5. The van der Waals surface area contributed by atoms with Gasteiger partial charge in [0.25, 0.3) is 0 Å². The highest BCUT2D eigenvalue weighted by Crippen LogP contribution is 2.22. The molecule has 0 aliphatic heterocycles. The second kappa shape index (κ2) is 10.4. The van der Waals surface area contributed by atoms with E-state index in [4.69, 9.17) is 0 Å². The zero-order chi connectivity index (χ0) is 24.8. The number of benzene rings is 4. The van der Waals surface area contributed by atoms with Gasteiger partial charge < -0.3 is 0 Å². The number of halogens is 5. The minimum atomic E-state index is -2.22. The van der Waals surface area contributed by atoms with Gasteiger partial charge in [0.2, 0.25) is 5.82 Å². The number of rotatable bonds is 0. The molecule has 4 rings (SSSR count). The molecule has 0 spiro atoms. The molecular weight excluding hydrogens is 455 g/mol. The summed E-state index contributed by atoms with van der Waals surface area (Å²) in [7, 11) is 0. The molecule has 0 unspecified atom stereocenters. The van der Waals surface area contributed by atoms with Crippen molar-refractivity contribution in [2.45, 2.75) is 0 Å². The molecule has 4 aromatic carbocycles. The highest BCUT2D eigenvalue weighted by atomic mass is 19.2. The first-order valence-corrected chi connectivity index (χ1v) is 10.2. The third-order valence-corrected chi connectivity index (χ3v) is 4.79. The van der Waals surface area contributed by atoms with Gasteiger partial charge in [-0.25, -0.2) is 22.0 Å². The number of hydrogen-bond acceptors (Lipinski definition) is 0. The summed E-state index contributed by atoms with van der Waals surface area (Å²) in [4.78, 5) is 0. The molecule has 0 radical (unpaired) electrons. The second-order valence-electron chi connectivity index (χ2n) is 7.22. The molecule has 5 heteroatoms. The van der Waals surface area contributed by atoms with Crippen molar-refractivity contribution < 1.29 is 22.0 Å². The molecule has 0 heterocycles. The van der Waals surface area contributed by atoms with E-state index in [9.17, 15) is 22.0 Å². The monoisotopic (exact) mass is 468 g/mol. The van der Waals surface area contributed by atoms with Gasteiger partial charge in [0.15, 0.2) is 23.3 Å². The van der Waals surface area contributed by atoms with E-state index < -0.39 is 34.6 Å². The minimum Gasteiger partial charge on any atom is -0.202 e. The summed E-state index contributed by atoms with van der Waals surface area (Å²) in [5.41, 5.74) is 2.36. The fraction of sp³-hybridized carbons (Fsp3) is 0. The van der Waals surface area contributed by atoms with Gasteiger partial charge in [0.1, 0.15) is 5.56 Å². The second-order valence-corrected chi connectivity index (χ2v) is 7.22. The van der Waals surface area contributed by atoms with Crippen molar-refractivity contribution in [3.05, 3.63) is 141 Å². The molecule has 0 aromatic heterocycles. The van der Waals surface area contributed by atoms with Crippen molar-refractivity contribution in [2.24, 2.45) is 0 Å². The van der Waals surface area contributed by atoms with Crippen LogP contribution in [-0.2, 0) is 0 Å². The Bertz CT molecular complexity index is 1540. The molecule has 0 saturated carbocycles. The highest BCUT2D eigenvalue weighted by Gasteiger charge is 2.24. The Morgan fingerprint density at radius 2 is 0.600 bits per heavy atom. The lowest BCUT2D eigenvalue weighted by Crippen LogP contribution is -2.04. The van der Waals surface area contributed by atoms with Crippen LogP contribution in [-0.4, -0.2) is 0 Å². The zero-order valence-electron chi connectivity index (χ0n) is 17.9. The standard InChI is InChI=1S/C30H13F5/c31-26-25(27(32)29(34)30(35)28(26)33)19-18-24-16-14-23(15-17-24)13-12-22-10-8-21(9-11-22)7-6-20-4-2-1-3-5-20/h1-5,8-11,14-17H. The van der Waals surface area contributed by atoms with Gasteiger partial charge in [-0.1, -0.05) is 53.7 Å². The fourth-order valence-corrected chi connectivity index (χ4v) is 2.93. The maximum atomic E-state index is 13.7. The molecule has 0 aliphatic carbocycles. The summed E-state index contributed by atoms with van der Waals surface area (Å²) in [6.07, 6.45) is 0. The summed E-state index contributed by atoms with van der Waals surface area (Å²) < 4.78 is 67.2. The van der Waals surface area contributed by atoms with Crippen molar-refractivity contribution in [2.75, 3.05) is 0 Å². The van der Waals surface area contributed by atoms with Crippen LogP contribution in [0.2, 0.25) is 0 Å². The largest absolute Gasteiger partial charge is 0.202 e. The van der Waals surface area contributed by atoms with Gasteiger partial charge in [0.05, 0.1) is 0 Å². The lowest BCUT2D eigenvalue weighted by molar-refractivity contribution is 0.376. The van der Waals surface area contributed by atoms with E-state index in [-0.39, 0.29) is 0 Å². The summed E-state index contributed by atoms with van der Waals surface area (Å²) in [5, 5.41) is 0. The molecule has 0 nitrogen and oxygen atoms in total. The Balaban J connectivity index is 1.47. The average molecular weight is 468 g/mol. The van der Waals surface area contributed by atoms with Crippen molar-refractivity contribution >= 4 is 0 Å². The molecule has 0 atom stereocenters. The van der Waals surface area contributed by atoms with Crippen LogP contribution in [0.3, 0.4) is 0 Å². The molecule has 4 aromatic rings. The lowest BCUT2D eigenvalue weighted by Gasteiger charge is -2.02. The Kier molecular flexibility index (Phi) is 6.96. The summed E-state index contributed by atoms with van der Waals surface area (Å²) >= 11 is 0. The van der Waals surface area contributed by atoms with Gasteiger partial charge in [-0.3, -0.25) is 0 Å². The molecule has 0 N–H and O–H groups in total. The quantitative estimate of drug-likeness (QED) is 0.118. The van der Waals surface area contributed by atoms with Gasteiger partial charge >= 0.3 is 0 Å². The van der Waals surface area contributed by atoms with Crippen LogP contribution in [0.5, 0.6) is 0 Å². The third kappa shape index (κ3) is 5.59. The van der Waals surface area contributed by atoms with Gasteiger partial charge in [0, 0.05) is 27.8 Å². The Morgan fingerprint density at radius 3 is 0.971 bits per heavy atom. The Labute approximate surface area is 199 Å². The van der Waals surface area contributed by atoms with Gasteiger partial charge in [-0.15, -0.1) is 0 Å². The molecule has 0 fully saturated rings. The summed E-state index contributed by atoms with van der Waals surface area (Å²) in [6, 6.07) is 23.4. The molecule has 0 amide bonds. The van der Waals surface area contributed by atoms with E-state index in [1.54, 1.807) is 12.1 Å². The van der Waals surface area contributed by atoms with Gasteiger partial charge in [-0.05, 0) is 60.7 Å². The smallest absolute Gasteiger partial charge is 0.200 e. The van der Waals surface area contributed by atoms with Crippen LogP contribution >= 0.6 is 0 Å². The predicted octanol–water partition coefficient (Wildman–Crippen LogP) is 6.58. The van der Waals surface area contributed by atoms with Crippen LogP contribution in [0, 0.1) is 64.6 Å².